The molecule has 0 radical (unpaired) electrons. The fraction of sp³-hybridized carbons (Fsp3) is 0.250. The predicted octanol–water partition coefficient (Wildman–Crippen LogP) is 3.47. The van der Waals surface area contributed by atoms with Crippen LogP contribution in [0, 0.1) is 11.7 Å². The Morgan fingerprint density at radius 3 is 3.00 bits per heavy atom. The summed E-state index contributed by atoms with van der Waals surface area (Å²) in [5.74, 6) is 0. The van der Waals surface area contributed by atoms with Gasteiger partial charge in [0.1, 0.15) is 5.01 Å². The number of aromatic nitrogens is 4. The van der Waals surface area contributed by atoms with Crippen LogP contribution in [0.2, 0.25) is 0 Å². The molecule has 92 valence electrons. The van der Waals surface area contributed by atoms with E-state index in [4.69, 9.17) is 12.2 Å². The van der Waals surface area contributed by atoms with Crippen LogP contribution in [0.5, 0.6) is 0 Å². The number of pyridine rings is 1. The summed E-state index contributed by atoms with van der Waals surface area (Å²) in [6, 6.07) is 2.10. The highest BCUT2D eigenvalue weighted by atomic mass is 32.1. The molecule has 18 heavy (non-hydrogen) atoms. The van der Waals surface area contributed by atoms with Gasteiger partial charge in [-0.25, -0.2) is 4.98 Å². The molecule has 1 atom stereocenters. The van der Waals surface area contributed by atoms with E-state index in [0.29, 0.717) is 4.77 Å². The third-order valence-electron chi connectivity index (χ3n) is 2.90. The Morgan fingerprint density at radius 1 is 1.44 bits per heavy atom. The standard InChI is InChI=1S/C12H12N4S2/c1-7-5-14-11(18-7)8(2)16-10-3-4-13-6-9(10)15-12(16)17/h3-6,8H,1-2H3,(H,15,17). The molecule has 4 nitrogen and oxygen atoms in total. The largest absolute Gasteiger partial charge is 0.329 e. The van der Waals surface area contributed by atoms with Crippen LogP contribution >= 0.6 is 23.6 Å². The lowest BCUT2D eigenvalue weighted by atomic mass is 10.3. The number of aromatic amines is 1. The maximum Gasteiger partial charge on any atom is 0.178 e. The lowest BCUT2D eigenvalue weighted by Gasteiger charge is -2.11. The molecule has 3 heterocycles. The summed E-state index contributed by atoms with van der Waals surface area (Å²) in [7, 11) is 0. The summed E-state index contributed by atoms with van der Waals surface area (Å²) in [4.78, 5) is 12.9. The van der Waals surface area contributed by atoms with E-state index in [1.807, 2.05) is 12.3 Å². The molecule has 0 fully saturated rings. The summed E-state index contributed by atoms with van der Waals surface area (Å²) in [6.45, 7) is 4.17. The number of rotatable bonds is 2. The number of nitrogens with one attached hydrogen (secondary N) is 1. The number of hydrogen-bond acceptors (Lipinski definition) is 4. The lowest BCUT2D eigenvalue weighted by Crippen LogP contribution is -2.06. The maximum atomic E-state index is 5.39. The van der Waals surface area contributed by atoms with Crippen molar-refractivity contribution in [2.45, 2.75) is 19.9 Å². The van der Waals surface area contributed by atoms with Crippen LogP contribution in [0.4, 0.5) is 0 Å². The number of aryl methyl sites for hydroxylation is 1. The first-order valence-corrected chi connectivity index (χ1v) is 6.86. The van der Waals surface area contributed by atoms with Crippen LogP contribution < -0.4 is 0 Å². The molecule has 3 aromatic rings. The SMILES string of the molecule is Cc1cnc(C(C)n2c(=S)[nH]c3cnccc32)s1. The monoisotopic (exact) mass is 276 g/mol. The van der Waals surface area contributed by atoms with E-state index in [1.165, 1.54) is 4.88 Å². The second kappa shape index (κ2) is 4.29. The fourth-order valence-electron chi connectivity index (χ4n) is 2.04. The lowest BCUT2D eigenvalue weighted by molar-refractivity contribution is 0.644. The number of fused-ring (bicyclic) bond motifs is 1. The Morgan fingerprint density at radius 2 is 2.28 bits per heavy atom. The van der Waals surface area contributed by atoms with Crippen LogP contribution in [-0.2, 0) is 0 Å². The Balaban J connectivity index is 2.19. The van der Waals surface area contributed by atoms with E-state index in [1.54, 1.807) is 23.7 Å². The molecule has 0 aliphatic heterocycles. The van der Waals surface area contributed by atoms with Crippen molar-refractivity contribution in [1.29, 1.82) is 0 Å². The molecular weight excluding hydrogens is 264 g/mol. The minimum atomic E-state index is 0.132. The van der Waals surface area contributed by atoms with Gasteiger partial charge >= 0.3 is 0 Å². The van der Waals surface area contributed by atoms with Gasteiger partial charge in [-0.15, -0.1) is 11.3 Å². The molecule has 0 saturated carbocycles. The van der Waals surface area contributed by atoms with Gasteiger partial charge in [0.2, 0.25) is 0 Å². The maximum absolute atomic E-state index is 5.39. The molecule has 1 N–H and O–H groups in total. The third-order valence-corrected chi connectivity index (χ3v) is 4.28. The van der Waals surface area contributed by atoms with Crippen LogP contribution in [0.3, 0.4) is 0 Å². The number of imidazole rings is 1. The van der Waals surface area contributed by atoms with E-state index in [9.17, 15) is 0 Å². The normalized spacial score (nSPS) is 13.0. The quantitative estimate of drug-likeness (QED) is 0.729. The van der Waals surface area contributed by atoms with Gasteiger partial charge in [-0.05, 0) is 32.1 Å². The summed E-state index contributed by atoms with van der Waals surface area (Å²) >= 11 is 7.10. The van der Waals surface area contributed by atoms with Gasteiger partial charge in [0, 0.05) is 17.3 Å². The molecule has 0 bridgehead atoms. The molecule has 0 aliphatic carbocycles. The zero-order chi connectivity index (χ0) is 12.7. The zero-order valence-electron chi connectivity index (χ0n) is 10.0. The average molecular weight is 276 g/mol. The Bertz CT molecular complexity index is 753. The van der Waals surface area contributed by atoms with Crippen molar-refractivity contribution in [2.24, 2.45) is 0 Å². The molecular formula is C12H12N4S2. The van der Waals surface area contributed by atoms with Crippen LogP contribution in [-0.4, -0.2) is 19.5 Å². The van der Waals surface area contributed by atoms with Crippen molar-refractivity contribution in [3.05, 3.63) is 39.3 Å². The first-order chi connectivity index (χ1) is 8.66. The van der Waals surface area contributed by atoms with E-state index in [-0.39, 0.29) is 6.04 Å². The van der Waals surface area contributed by atoms with E-state index in [2.05, 4.69) is 33.4 Å². The summed E-state index contributed by atoms with van der Waals surface area (Å²) in [5.41, 5.74) is 2.03. The predicted molar refractivity (Wildman–Crippen MR) is 75.6 cm³/mol. The van der Waals surface area contributed by atoms with Crippen LogP contribution in [0.25, 0.3) is 11.0 Å². The average Bonchev–Trinajstić information content (AvgIpc) is 2.91. The first kappa shape index (κ1) is 11.6. The molecule has 3 rings (SSSR count). The molecule has 3 aromatic heterocycles. The molecule has 0 aliphatic rings. The van der Waals surface area contributed by atoms with Gasteiger partial charge in [0.25, 0.3) is 0 Å². The van der Waals surface area contributed by atoms with Crippen molar-refractivity contribution >= 4 is 34.6 Å². The Labute approximate surface area is 113 Å². The zero-order valence-corrected chi connectivity index (χ0v) is 11.7. The van der Waals surface area contributed by atoms with Crippen molar-refractivity contribution in [3.8, 4) is 0 Å². The van der Waals surface area contributed by atoms with Gasteiger partial charge in [0.05, 0.1) is 23.3 Å². The molecule has 0 saturated heterocycles. The van der Waals surface area contributed by atoms with E-state index in [0.717, 1.165) is 16.0 Å². The van der Waals surface area contributed by atoms with Gasteiger partial charge in [-0.3, -0.25) is 4.98 Å². The first-order valence-electron chi connectivity index (χ1n) is 5.63. The summed E-state index contributed by atoms with van der Waals surface area (Å²) < 4.78 is 2.79. The third kappa shape index (κ3) is 1.77. The Kier molecular flexibility index (Phi) is 2.76. The summed E-state index contributed by atoms with van der Waals surface area (Å²) in [6.07, 6.45) is 5.47. The van der Waals surface area contributed by atoms with Crippen molar-refractivity contribution in [3.63, 3.8) is 0 Å². The smallest absolute Gasteiger partial charge is 0.178 e. The number of thiazole rings is 1. The molecule has 0 spiro atoms. The van der Waals surface area contributed by atoms with Gasteiger partial charge < -0.3 is 9.55 Å². The summed E-state index contributed by atoms with van der Waals surface area (Å²) in [5, 5.41) is 1.07. The highest BCUT2D eigenvalue weighted by molar-refractivity contribution is 7.71. The van der Waals surface area contributed by atoms with Gasteiger partial charge in [-0.1, -0.05) is 0 Å². The van der Waals surface area contributed by atoms with Crippen molar-refractivity contribution in [2.75, 3.05) is 0 Å². The number of hydrogen-bond donors (Lipinski definition) is 1. The second-order valence-corrected chi connectivity index (χ2v) is 5.83. The number of H-pyrrole nitrogens is 1. The fourth-order valence-corrected chi connectivity index (χ4v) is 3.22. The highest BCUT2D eigenvalue weighted by Gasteiger charge is 2.15. The molecule has 6 heteroatoms. The Hall–Kier alpha value is -1.53. The number of nitrogens with zero attached hydrogens (tertiary/aromatic N) is 3. The van der Waals surface area contributed by atoms with Crippen molar-refractivity contribution < 1.29 is 0 Å². The van der Waals surface area contributed by atoms with Gasteiger partial charge in [-0.2, -0.15) is 0 Å². The van der Waals surface area contributed by atoms with Crippen LogP contribution in [0.1, 0.15) is 22.9 Å². The van der Waals surface area contributed by atoms with Gasteiger partial charge in [0.15, 0.2) is 4.77 Å². The van der Waals surface area contributed by atoms with E-state index < -0.39 is 0 Å². The molecule has 0 amide bonds. The van der Waals surface area contributed by atoms with Crippen molar-refractivity contribution in [1.82, 2.24) is 19.5 Å². The second-order valence-electron chi connectivity index (χ2n) is 4.18. The van der Waals surface area contributed by atoms with Crippen LogP contribution in [0.15, 0.2) is 24.7 Å². The topological polar surface area (TPSA) is 46.5 Å². The molecule has 1 unspecified atom stereocenters. The minimum absolute atomic E-state index is 0.132. The minimum Gasteiger partial charge on any atom is -0.329 e. The van der Waals surface area contributed by atoms with E-state index >= 15 is 0 Å². The highest BCUT2D eigenvalue weighted by Crippen LogP contribution is 2.26. The molecule has 0 aromatic carbocycles.